The van der Waals surface area contributed by atoms with Crippen LogP contribution >= 0.6 is 0 Å². The Morgan fingerprint density at radius 2 is 1.91 bits per heavy atom. The maximum atomic E-state index is 13.5. The Balaban J connectivity index is 1.44. The van der Waals surface area contributed by atoms with Crippen molar-refractivity contribution in [1.29, 1.82) is 0 Å². The molecule has 4 rings (SSSR count). The van der Waals surface area contributed by atoms with Crippen molar-refractivity contribution in [1.82, 2.24) is 15.2 Å². The zero-order valence-electron chi connectivity index (χ0n) is 19.7. The van der Waals surface area contributed by atoms with E-state index >= 15 is 0 Å². The van der Waals surface area contributed by atoms with E-state index in [0.29, 0.717) is 31.6 Å². The van der Waals surface area contributed by atoms with Gasteiger partial charge >= 0.3 is 0 Å². The number of pyridine rings is 1. The van der Waals surface area contributed by atoms with Gasteiger partial charge in [0.25, 0.3) is 5.91 Å². The summed E-state index contributed by atoms with van der Waals surface area (Å²) in [6, 6.07) is 12.8. The van der Waals surface area contributed by atoms with E-state index in [9.17, 15) is 18.4 Å². The van der Waals surface area contributed by atoms with Gasteiger partial charge in [0.2, 0.25) is 5.91 Å². The van der Waals surface area contributed by atoms with Gasteiger partial charge in [-0.05, 0) is 53.3 Å². The molecule has 0 fully saturated rings. The van der Waals surface area contributed by atoms with Crippen LogP contribution in [0.25, 0.3) is 0 Å². The lowest BCUT2D eigenvalue weighted by Crippen LogP contribution is -2.38. The highest BCUT2D eigenvalue weighted by Gasteiger charge is 2.25. The molecule has 0 spiro atoms. The summed E-state index contributed by atoms with van der Waals surface area (Å²) in [6.45, 7) is 3.06. The van der Waals surface area contributed by atoms with Gasteiger partial charge in [0.15, 0.2) is 17.7 Å². The predicted octanol–water partition coefficient (Wildman–Crippen LogP) is 3.80. The Hall–Kier alpha value is -3.65. The average Bonchev–Trinajstić information content (AvgIpc) is 2.86. The number of benzene rings is 2. The number of hydrogen-bond donors (Lipinski definition) is 1. The third-order valence-corrected chi connectivity index (χ3v) is 6.30. The molecule has 8 heteroatoms. The number of nitrogens with one attached hydrogen (secondary N) is 1. The van der Waals surface area contributed by atoms with Crippen molar-refractivity contribution in [3.63, 3.8) is 0 Å². The van der Waals surface area contributed by atoms with E-state index in [1.54, 1.807) is 11.1 Å². The van der Waals surface area contributed by atoms with Gasteiger partial charge in [-0.3, -0.25) is 14.6 Å². The first-order chi connectivity index (χ1) is 16.9. The molecule has 182 valence electrons. The van der Waals surface area contributed by atoms with E-state index in [4.69, 9.17) is 4.74 Å². The smallest absolute Gasteiger partial charge is 0.254 e. The molecule has 2 amide bonds. The number of amides is 2. The van der Waals surface area contributed by atoms with Gasteiger partial charge in [-0.2, -0.15) is 0 Å². The van der Waals surface area contributed by atoms with Crippen molar-refractivity contribution in [2.45, 2.75) is 39.0 Å². The molecule has 0 bridgehead atoms. The molecule has 2 aromatic carbocycles. The molecule has 1 atom stereocenters. The highest BCUT2D eigenvalue weighted by atomic mass is 19.2. The number of methoxy groups -OCH3 is 1. The van der Waals surface area contributed by atoms with Crippen molar-refractivity contribution in [3.8, 4) is 0 Å². The fourth-order valence-electron chi connectivity index (χ4n) is 4.40. The fourth-order valence-corrected chi connectivity index (χ4v) is 4.40. The first-order valence-corrected chi connectivity index (χ1v) is 11.4. The molecule has 1 aliphatic heterocycles. The van der Waals surface area contributed by atoms with E-state index < -0.39 is 17.7 Å². The van der Waals surface area contributed by atoms with Crippen LogP contribution in [0.4, 0.5) is 8.78 Å². The normalized spacial score (nSPS) is 13.8. The van der Waals surface area contributed by atoms with Crippen molar-refractivity contribution in [2.75, 3.05) is 13.7 Å². The van der Waals surface area contributed by atoms with Crippen LogP contribution in [0.15, 0.2) is 54.7 Å². The molecule has 0 aliphatic carbocycles. The summed E-state index contributed by atoms with van der Waals surface area (Å²) < 4.78 is 32.1. The SMILES string of the molecule is CO[C@H](C(=O)NCc1c(C)ncc2c1CCN(C(=O)Cc1ccc(F)c(F)c1)C2)c1ccccc1. The van der Waals surface area contributed by atoms with Crippen molar-refractivity contribution < 1.29 is 23.1 Å². The minimum Gasteiger partial charge on any atom is -0.367 e. The second-order valence-corrected chi connectivity index (χ2v) is 8.56. The van der Waals surface area contributed by atoms with Crippen molar-refractivity contribution in [2.24, 2.45) is 0 Å². The standard InChI is InChI=1S/C27H27F2N3O3/c1-17-22(15-31-27(34)26(35-2)19-6-4-3-5-7-19)21-10-11-32(16-20(21)14-30-17)25(33)13-18-8-9-23(28)24(29)12-18/h3-9,12,14,26H,10-11,13,15-16H2,1-2H3,(H,31,34)/t26-/m0/s1. The minimum atomic E-state index is -0.964. The number of hydrogen-bond acceptors (Lipinski definition) is 4. The molecule has 1 N–H and O–H groups in total. The molecule has 2 heterocycles. The van der Waals surface area contributed by atoms with Crippen LogP contribution < -0.4 is 5.32 Å². The van der Waals surface area contributed by atoms with Crippen molar-refractivity contribution >= 4 is 11.8 Å². The summed E-state index contributed by atoms with van der Waals surface area (Å²) in [4.78, 5) is 31.8. The van der Waals surface area contributed by atoms with Crippen LogP contribution in [0.1, 0.15) is 39.6 Å². The lowest BCUT2D eigenvalue weighted by Gasteiger charge is -2.31. The Bertz CT molecular complexity index is 1230. The number of nitrogens with zero attached hydrogens (tertiary/aromatic N) is 2. The number of halogens is 2. The van der Waals surface area contributed by atoms with Gasteiger partial charge in [-0.25, -0.2) is 8.78 Å². The van der Waals surface area contributed by atoms with Crippen LogP contribution in [0.2, 0.25) is 0 Å². The van der Waals surface area contributed by atoms with Crippen molar-refractivity contribution in [3.05, 3.63) is 99.9 Å². The maximum Gasteiger partial charge on any atom is 0.254 e. The number of ether oxygens (including phenoxy) is 1. The van der Waals surface area contributed by atoms with Crippen LogP contribution in [-0.4, -0.2) is 35.4 Å². The number of rotatable bonds is 7. The largest absolute Gasteiger partial charge is 0.367 e. The molecule has 0 radical (unpaired) electrons. The number of fused-ring (bicyclic) bond motifs is 1. The third kappa shape index (κ3) is 5.54. The van der Waals surface area contributed by atoms with Crippen LogP contribution in [-0.2, 0) is 40.3 Å². The second kappa shape index (κ2) is 10.7. The summed E-state index contributed by atoms with van der Waals surface area (Å²) in [5.74, 6) is -2.30. The quantitative estimate of drug-likeness (QED) is 0.560. The fraction of sp³-hybridized carbons (Fsp3) is 0.296. The zero-order chi connectivity index (χ0) is 24.9. The molecular formula is C27H27F2N3O3. The summed E-state index contributed by atoms with van der Waals surface area (Å²) >= 11 is 0. The Labute approximate surface area is 202 Å². The molecule has 1 aliphatic rings. The molecule has 3 aromatic rings. The van der Waals surface area contributed by atoms with Crippen LogP contribution in [0.5, 0.6) is 0 Å². The number of aromatic nitrogens is 1. The van der Waals surface area contributed by atoms with Crippen LogP contribution in [0, 0.1) is 18.6 Å². The molecule has 0 unspecified atom stereocenters. The Morgan fingerprint density at radius 1 is 1.14 bits per heavy atom. The topological polar surface area (TPSA) is 71.5 Å². The highest BCUT2D eigenvalue weighted by molar-refractivity contribution is 5.82. The first kappa shape index (κ1) is 24.5. The average molecular weight is 480 g/mol. The Morgan fingerprint density at radius 3 is 2.63 bits per heavy atom. The van der Waals surface area contributed by atoms with Gasteiger partial charge in [0.1, 0.15) is 0 Å². The van der Waals surface area contributed by atoms with E-state index in [0.717, 1.165) is 40.1 Å². The number of carbonyl (C=O) groups is 2. The van der Waals surface area contributed by atoms with Gasteiger partial charge in [-0.1, -0.05) is 36.4 Å². The van der Waals surface area contributed by atoms with E-state index in [1.807, 2.05) is 37.3 Å². The second-order valence-electron chi connectivity index (χ2n) is 8.56. The summed E-state index contributed by atoms with van der Waals surface area (Å²) in [5.41, 5.74) is 4.94. The van der Waals surface area contributed by atoms with Gasteiger partial charge in [-0.15, -0.1) is 0 Å². The van der Waals surface area contributed by atoms with Gasteiger partial charge in [0, 0.05) is 38.6 Å². The summed E-state index contributed by atoms with van der Waals surface area (Å²) in [7, 11) is 1.50. The lowest BCUT2D eigenvalue weighted by atomic mass is 9.94. The molecule has 6 nitrogen and oxygen atoms in total. The molecule has 0 saturated carbocycles. The predicted molar refractivity (Wildman–Crippen MR) is 126 cm³/mol. The van der Waals surface area contributed by atoms with Gasteiger partial charge in [0.05, 0.1) is 6.42 Å². The van der Waals surface area contributed by atoms with E-state index in [-0.39, 0.29) is 18.2 Å². The molecule has 1 aromatic heterocycles. The minimum absolute atomic E-state index is 0.00731. The Kier molecular flexibility index (Phi) is 7.51. The third-order valence-electron chi connectivity index (χ3n) is 6.30. The van der Waals surface area contributed by atoms with Crippen LogP contribution in [0.3, 0.4) is 0 Å². The first-order valence-electron chi connectivity index (χ1n) is 11.4. The number of carbonyl (C=O) groups excluding carboxylic acids is 2. The van der Waals surface area contributed by atoms with E-state index in [2.05, 4.69) is 10.3 Å². The number of aryl methyl sites for hydroxylation is 1. The molecule has 35 heavy (non-hydrogen) atoms. The maximum absolute atomic E-state index is 13.5. The summed E-state index contributed by atoms with van der Waals surface area (Å²) in [5, 5.41) is 2.97. The van der Waals surface area contributed by atoms with Gasteiger partial charge < -0.3 is 15.0 Å². The molecular weight excluding hydrogens is 452 g/mol. The summed E-state index contributed by atoms with van der Waals surface area (Å²) in [6.07, 6.45) is 1.65. The zero-order valence-corrected chi connectivity index (χ0v) is 19.7. The monoisotopic (exact) mass is 479 g/mol. The lowest BCUT2D eigenvalue weighted by molar-refractivity contribution is -0.132. The highest BCUT2D eigenvalue weighted by Crippen LogP contribution is 2.25. The van der Waals surface area contributed by atoms with E-state index in [1.165, 1.54) is 13.2 Å². The molecule has 0 saturated heterocycles.